The van der Waals surface area contributed by atoms with E-state index < -0.39 is 6.10 Å². The summed E-state index contributed by atoms with van der Waals surface area (Å²) in [4.78, 5) is 0. The summed E-state index contributed by atoms with van der Waals surface area (Å²) in [6.07, 6.45) is -0.0855. The first kappa shape index (κ1) is 13.5. The van der Waals surface area contributed by atoms with Crippen molar-refractivity contribution in [2.45, 2.75) is 18.6 Å². The van der Waals surface area contributed by atoms with Crippen LogP contribution in [-0.2, 0) is 0 Å². The third kappa shape index (κ3) is 2.53. The van der Waals surface area contributed by atoms with Gasteiger partial charge in [0.25, 0.3) is 0 Å². The molecule has 4 heteroatoms. The van der Waals surface area contributed by atoms with Crippen molar-refractivity contribution in [1.82, 2.24) is 0 Å². The number of hydrogen-bond acceptors (Lipinski definition) is 3. The minimum Gasteiger partial charge on any atom is -0.497 e. The zero-order valence-corrected chi connectivity index (χ0v) is 12.6. The largest absolute Gasteiger partial charge is 0.497 e. The highest BCUT2D eigenvalue weighted by Gasteiger charge is 2.28. The average molecular weight is 335 g/mol. The van der Waals surface area contributed by atoms with Crippen molar-refractivity contribution in [1.29, 1.82) is 0 Å². The van der Waals surface area contributed by atoms with Crippen molar-refractivity contribution in [3.8, 4) is 11.5 Å². The summed E-state index contributed by atoms with van der Waals surface area (Å²) in [6.45, 7) is 0. The molecule has 0 aliphatic carbocycles. The van der Waals surface area contributed by atoms with Gasteiger partial charge in [-0.1, -0.05) is 34.1 Å². The maximum absolute atomic E-state index is 10.3. The fourth-order valence-corrected chi connectivity index (χ4v) is 2.78. The molecule has 0 saturated heterocycles. The molecule has 1 heterocycles. The third-order valence-corrected chi connectivity index (χ3v) is 4.02. The molecule has 0 radical (unpaired) electrons. The summed E-state index contributed by atoms with van der Waals surface area (Å²) >= 11 is 3.43. The molecule has 1 aliphatic rings. The van der Waals surface area contributed by atoms with Crippen LogP contribution in [0.15, 0.2) is 46.9 Å². The molecule has 0 spiro atoms. The number of aliphatic hydroxyl groups is 1. The highest BCUT2D eigenvalue weighted by atomic mass is 79.9. The van der Waals surface area contributed by atoms with E-state index in [0.717, 1.165) is 27.1 Å². The Morgan fingerprint density at radius 1 is 1.20 bits per heavy atom. The van der Waals surface area contributed by atoms with E-state index in [0.29, 0.717) is 6.42 Å². The number of ether oxygens (including phenoxy) is 2. The van der Waals surface area contributed by atoms with Crippen LogP contribution in [0.5, 0.6) is 11.5 Å². The molecule has 2 atom stereocenters. The topological polar surface area (TPSA) is 38.7 Å². The molecule has 0 bridgehead atoms. The van der Waals surface area contributed by atoms with Crippen LogP contribution in [0.3, 0.4) is 0 Å². The molecule has 0 aromatic heterocycles. The molecule has 0 saturated carbocycles. The molecule has 104 valence electrons. The Morgan fingerprint density at radius 3 is 2.65 bits per heavy atom. The van der Waals surface area contributed by atoms with Gasteiger partial charge in [-0.25, -0.2) is 0 Å². The van der Waals surface area contributed by atoms with E-state index in [1.807, 2.05) is 42.5 Å². The Kier molecular flexibility index (Phi) is 3.68. The van der Waals surface area contributed by atoms with Crippen molar-refractivity contribution < 1.29 is 14.6 Å². The molecular formula is C16H15BrO3. The van der Waals surface area contributed by atoms with Gasteiger partial charge in [0.2, 0.25) is 0 Å². The summed E-state index contributed by atoms with van der Waals surface area (Å²) in [6, 6.07) is 13.5. The Balaban J connectivity index is 1.89. The first-order valence-electron chi connectivity index (χ1n) is 6.45. The summed E-state index contributed by atoms with van der Waals surface area (Å²) < 4.78 is 12.1. The van der Waals surface area contributed by atoms with Gasteiger partial charge in [-0.3, -0.25) is 0 Å². The highest BCUT2D eigenvalue weighted by Crippen LogP contribution is 2.41. The van der Waals surface area contributed by atoms with Crippen LogP contribution in [0.4, 0.5) is 0 Å². The second kappa shape index (κ2) is 5.46. The summed E-state index contributed by atoms with van der Waals surface area (Å²) in [5.74, 6) is 1.55. The SMILES string of the molecule is COc1ccc(C2C[C@H](O)c3ccc(Br)cc3O2)cc1. The molecule has 2 aromatic rings. The molecule has 1 aliphatic heterocycles. The van der Waals surface area contributed by atoms with E-state index in [9.17, 15) is 5.11 Å². The molecular weight excluding hydrogens is 320 g/mol. The molecule has 1 unspecified atom stereocenters. The number of halogens is 1. The molecule has 20 heavy (non-hydrogen) atoms. The Hall–Kier alpha value is -1.52. The molecule has 0 amide bonds. The smallest absolute Gasteiger partial charge is 0.127 e. The summed E-state index contributed by atoms with van der Waals surface area (Å²) in [5.41, 5.74) is 1.88. The lowest BCUT2D eigenvalue weighted by molar-refractivity contribution is 0.0656. The van der Waals surface area contributed by atoms with E-state index in [1.54, 1.807) is 7.11 Å². The second-order valence-electron chi connectivity index (χ2n) is 4.81. The van der Waals surface area contributed by atoms with Crippen LogP contribution in [0.25, 0.3) is 0 Å². The lowest BCUT2D eigenvalue weighted by atomic mass is 9.95. The lowest BCUT2D eigenvalue weighted by Crippen LogP contribution is -2.18. The van der Waals surface area contributed by atoms with Crippen molar-refractivity contribution in [2.75, 3.05) is 7.11 Å². The predicted octanol–water partition coefficient (Wildman–Crippen LogP) is 4.01. The Labute approximate surface area is 126 Å². The first-order valence-corrected chi connectivity index (χ1v) is 7.25. The van der Waals surface area contributed by atoms with Gasteiger partial charge in [0, 0.05) is 16.5 Å². The third-order valence-electron chi connectivity index (χ3n) is 3.53. The fourth-order valence-electron chi connectivity index (χ4n) is 2.44. The summed E-state index contributed by atoms with van der Waals surface area (Å²) in [7, 11) is 1.64. The number of aliphatic hydroxyl groups excluding tert-OH is 1. The normalized spacial score (nSPS) is 20.9. The van der Waals surface area contributed by atoms with Crippen LogP contribution in [0, 0.1) is 0 Å². The monoisotopic (exact) mass is 334 g/mol. The highest BCUT2D eigenvalue weighted by molar-refractivity contribution is 9.10. The standard InChI is InChI=1S/C16H15BrO3/c1-19-12-5-2-10(3-6-12)15-9-14(18)13-7-4-11(17)8-16(13)20-15/h2-8,14-15,18H,9H2,1H3/t14-,15?/m0/s1. The molecule has 3 rings (SSSR count). The average Bonchev–Trinajstić information content (AvgIpc) is 2.46. The van der Waals surface area contributed by atoms with Gasteiger partial charge in [0.1, 0.15) is 17.6 Å². The second-order valence-corrected chi connectivity index (χ2v) is 5.73. The first-order chi connectivity index (χ1) is 9.67. The quantitative estimate of drug-likeness (QED) is 0.901. The van der Waals surface area contributed by atoms with E-state index in [4.69, 9.17) is 9.47 Å². The van der Waals surface area contributed by atoms with Crippen LogP contribution in [0.2, 0.25) is 0 Å². The maximum atomic E-state index is 10.3. The van der Waals surface area contributed by atoms with Crippen molar-refractivity contribution in [3.63, 3.8) is 0 Å². The number of benzene rings is 2. The molecule has 0 fully saturated rings. The van der Waals surface area contributed by atoms with E-state index in [1.165, 1.54) is 0 Å². The van der Waals surface area contributed by atoms with Gasteiger partial charge in [-0.05, 0) is 29.8 Å². The van der Waals surface area contributed by atoms with E-state index in [2.05, 4.69) is 15.9 Å². The van der Waals surface area contributed by atoms with Crippen molar-refractivity contribution in [2.24, 2.45) is 0 Å². The van der Waals surface area contributed by atoms with Crippen LogP contribution < -0.4 is 9.47 Å². The van der Waals surface area contributed by atoms with Gasteiger partial charge in [-0.15, -0.1) is 0 Å². The van der Waals surface area contributed by atoms with Gasteiger partial charge >= 0.3 is 0 Å². The zero-order valence-electron chi connectivity index (χ0n) is 11.0. The Bertz CT molecular complexity index is 610. The number of hydrogen-bond donors (Lipinski definition) is 1. The van der Waals surface area contributed by atoms with Crippen LogP contribution in [-0.4, -0.2) is 12.2 Å². The minimum atomic E-state index is -0.501. The van der Waals surface area contributed by atoms with Gasteiger partial charge in [0.15, 0.2) is 0 Å². The van der Waals surface area contributed by atoms with Crippen molar-refractivity contribution in [3.05, 3.63) is 58.1 Å². The van der Waals surface area contributed by atoms with Crippen molar-refractivity contribution >= 4 is 15.9 Å². The number of rotatable bonds is 2. The molecule has 1 N–H and O–H groups in total. The van der Waals surface area contributed by atoms with E-state index >= 15 is 0 Å². The fraction of sp³-hybridized carbons (Fsp3) is 0.250. The van der Waals surface area contributed by atoms with E-state index in [-0.39, 0.29) is 6.10 Å². The molecule has 2 aromatic carbocycles. The maximum Gasteiger partial charge on any atom is 0.127 e. The number of fused-ring (bicyclic) bond motifs is 1. The zero-order chi connectivity index (χ0) is 14.1. The molecule has 3 nitrogen and oxygen atoms in total. The lowest BCUT2D eigenvalue weighted by Gasteiger charge is -2.30. The summed E-state index contributed by atoms with van der Waals surface area (Å²) in [5, 5.41) is 10.3. The van der Waals surface area contributed by atoms with Gasteiger partial charge in [-0.2, -0.15) is 0 Å². The van der Waals surface area contributed by atoms with Crippen LogP contribution in [0.1, 0.15) is 29.8 Å². The predicted molar refractivity (Wildman–Crippen MR) is 80.1 cm³/mol. The van der Waals surface area contributed by atoms with Crippen LogP contribution >= 0.6 is 15.9 Å². The Morgan fingerprint density at radius 2 is 1.95 bits per heavy atom. The number of methoxy groups -OCH3 is 1. The van der Waals surface area contributed by atoms with Gasteiger partial charge < -0.3 is 14.6 Å². The minimum absolute atomic E-state index is 0.141. The van der Waals surface area contributed by atoms with Gasteiger partial charge in [0.05, 0.1) is 13.2 Å².